The van der Waals surface area contributed by atoms with E-state index in [1.54, 1.807) is 18.2 Å². The van der Waals surface area contributed by atoms with Crippen molar-refractivity contribution in [3.05, 3.63) is 54.1 Å². The Morgan fingerprint density at radius 2 is 1.65 bits per heavy atom. The van der Waals surface area contributed by atoms with Gasteiger partial charge in [0.2, 0.25) is 0 Å². The van der Waals surface area contributed by atoms with Crippen molar-refractivity contribution in [2.24, 2.45) is 4.40 Å². The van der Waals surface area contributed by atoms with Gasteiger partial charge in [-0.05, 0) is 37.1 Å². The van der Waals surface area contributed by atoms with Crippen LogP contribution < -0.4 is 10.2 Å². The fourth-order valence-electron chi connectivity index (χ4n) is 3.14. The summed E-state index contributed by atoms with van der Waals surface area (Å²) in [5, 5.41) is 3.23. The van der Waals surface area contributed by atoms with Gasteiger partial charge in [-0.25, -0.2) is 0 Å². The van der Waals surface area contributed by atoms with Gasteiger partial charge in [0.25, 0.3) is 10.0 Å². The predicted molar refractivity (Wildman–Crippen MR) is 91.7 cm³/mol. The van der Waals surface area contributed by atoms with Crippen LogP contribution in [-0.4, -0.2) is 27.3 Å². The summed E-state index contributed by atoms with van der Waals surface area (Å²) in [4.78, 5) is 2.58. The van der Waals surface area contributed by atoms with Gasteiger partial charge in [-0.3, -0.25) is 0 Å². The lowest BCUT2D eigenvalue weighted by Gasteiger charge is -2.21. The smallest absolute Gasteiger partial charge is 0.285 e. The largest absolute Gasteiger partial charge is 0.370 e. The van der Waals surface area contributed by atoms with Crippen LogP contribution in [0.4, 0.5) is 11.4 Å². The molecular weight excluding hydrogens is 310 g/mol. The second-order valence-electron chi connectivity index (χ2n) is 5.75. The molecule has 0 amide bonds. The van der Waals surface area contributed by atoms with E-state index in [-0.39, 0.29) is 4.90 Å². The van der Waals surface area contributed by atoms with Crippen molar-refractivity contribution >= 4 is 27.2 Å². The number of amidine groups is 1. The number of benzene rings is 2. The summed E-state index contributed by atoms with van der Waals surface area (Å²) in [5.41, 5.74) is 2.61. The first kappa shape index (κ1) is 14.3. The quantitative estimate of drug-likeness (QED) is 0.921. The molecule has 1 N–H and O–H groups in total. The third kappa shape index (κ3) is 2.49. The molecule has 0 aliphatic carbocycles. The first-order valence-electron chi connectivity index (χ1n) is 7.70. The number of sulfonamides is 1. The van der Waals surface area contributed by atoms with E-state index in [1.165, 1.54) is 12.8 Å². The number of hydrogen-bond donors (Lipinski definition) is 1. The van der Waals surface area contributed by atoms with E-state index in [2.05, 4.69) is 20.7 Å². The van der Waals surface area contributed by atoms with E-state index in [0.29, 0.717) is 11.4 Å². The molecule has 2 heterocycles. The Hall–Kier alpha value is -2.34. The summed E-state index contributed by atoms with van der Waals surface area (Å²) in [6.45, 7) is 2.06. The summed E-state index contributed by atoms with van der Waals surface area (Å²) < 4.78 is 28.2. The minimum atomic E-state index is -3.59. The van der Waals surface area contributed by atoms with Gasteiger partial charge in [0.05, 0.1) is 11.4 Å². The van der Waals surface area contributed by atoms with Gasteiger partial charge >= 0.3 is 0 Å². The Bertz CT molecular complexity index is 884. The molecule has 0 spiro atoms. The molecule has 0 aromatic heterocycles. The molecule has 6 heteroatoms. The Morgan fingerprint density at radius 1 is 0.957 bits per heavy atom. The number of hydrogen-bond acceptors (Lipinski definition) is 4. The zero-order valence-electron chi connectivity index (χ0n) is 12.6. The van der Waals surface area contributed by atoms with Crippen LogP contribution in [0.5, 0.6) is 0 Å². The lowest BCUT2D eigenvalue weighted by atomic mass is 10.2. The summed E-state index contributed by atoms with van der Waals surface area (Å²) in [6.07, 6.45) is 2.37. The number of para-hydroxylation sites is 2. The summed E-state index contributed by atoms with van der Waals surface area (Å²) in [6, 6.07) is 14.9. The fraction of sp³-hybridized carbons (Fsp3) is 0.235. The monoisotopic (exact) mass is 327 g/mol. The van der Waals surface area contributed by atoms with Crippen LogP contribution in [-0.2, 0) is 10.0 Å². The van der Waals surface area contributed by atoms with E-state index in [9.17, 15) is 8.42 Å². The highest BCUT2D eigenvalue weighted by Crippen LogP contribution is 2.32. The molecule has 5 nitrogen and oxygen atoms in total. The Labute approximate surface area is 135 Å². The molecule has 2 aromatic carbocycles. The van der Waals surface area contributed by atoms with E-state index >= 15 is 0 Å². The second kappa shape index (κ2) is 5.38. The molecule has 0 radical (unpaired) electrons. The van der Waals surface area contributed by atoms with Crippen LogP contribution in [0.15, 0.2) is 57.8 Å². The molecule has 2 aromatic rings. The summed E-state index contributed by atoms with van der Waals surface area (Å²) in [7, 11) is -3.59. The number of fused-ring (bicyclic) bond motifs is 1. The van der Waals surface area contributed by atoms with Gasteiger partial charge in [-0.15, -0.1) is 4.40 Å². The number of nitrogens with one attached hydrogen (secondary N) is 1. The molecule has 0 saturated carbocycles. The number of rotatable bonds is 2. The fourth-order valence-corrected chi connectivity index (χ4v) is 4.31. The normalized spacial score (nSPS) is 18.6. The highest BCUT2D eigenvalue weighted by atomic mass is 32.2. The second-order valence-corrected chi connectivity index (χ2v) is 7.32. The molecule has 1 fully saturated rings. The molecule has 2 aliphatic heterocycles. The van der Waals surface area contributed by atoms with E-state index in [4.69, 9.17) is 0 Å². The molecule has 118 valence electrons. The van der Waals surface area contributed by atoms with Crippen molar-refractivity contribution in [3.63, 3.8) is 0 Å². The molecule has 1 saturated heterocycles. The minimum Gasteiger partial charge on any atom is -0.370 e. The van der Waals surface area contributed by atoms with Crippen LogP contribution >= 0.6 is 0 Å². The third-order valence-electron chi connectivity index (χ3n) is 4.24. The zero-order valence-corrected chi connectivity index (χ0v) is 13.4. The van der Waals surface area contributed by atoms with Crippen molar-refractivity contribution < 1.29 is 8.42 Å². The molecule has 4 rings (SSSR count). The highest BCUT2D eigenvalue weighted by molar-refractivity contribution is 7.90. The van der Waals surface area contributed by atoms with Crippen LogP contribution in [0.3, 0.4) is 0 Å². The van der Waals surface area contributed by atoms with Crippen molar-refractivity contribution in [1.82, 2.24) is 0 Å². The maximum atomic E-state index is 12.2. The van der Waals surface area contributed by atoms with Gasteiger partial charge < -0.3 is 10.2 Å². The Kier molecular flexibility index (Phi) is 3.34. The number of nitrogens with zero attached hydrogens (tertiary/aromatic N) is 2. The molecule has 0 unspecified atom stereocenters. The van der Waals surface area contributed by atoms with Gasteiger partial charge in [-0.1, -0.05) is 24.3 Å². The maximum absolute atomic E-state index is 12.2. The minimum absolute atomic E-state index is 0.265. The van der Waals surface area contributed by atoms with Crippen LogP contribution in [0.2, 0.25) is 0 Å². The third-order valence-corrected chi connectivity index (χ3v) is 5.57. The maximum Gasteiger partial charge on any atom is 0.285 e. The standard InChI is InChI=1S/C17H17N3O2S/c21-23(22)16-10-4-1-7-13(16)17(19-23)18-14-8-2-3-9-15(14)20-11-5-6-12-20/h1-4,7-10H,5-6,11-12H2,(H,18,19). The first-order valence-corrected chi connectivity index (χ1v) is 9.14. The highest BCUT2D eigenvalue weighted by Gasteiger charge is 2.29. The topological polar surface area (TPSA) is 61.8 Å². The first-order chi connectivity index (χ1) is 11.1. The zero-order chi connectivity index (χ0) is 15.9. The van der Waals surface area contributed by atoms with Crippen LogP contribution in [0.25, 0.3) is 0 Å². The Balaban J connectivity index is 1.73. The molecule has 23 heavy (non-hydrogen) atoms. The van der Waals surface area contributed by atoms with Crippen molar-refractivity contribution in [3.8, 4) is 0 Å². The van der Waals surface area contributed by atoms with Gasteiger partial charge in [0.15, 0.2) is 5.84 Å². The molecular formula is C17H17N3O2S. The van der Waals surface area contributed by atoms with Gasteiger partial charge in [0.1, 0.15) is 4.90 Å². The van der Waals surface area contributed by atoms with E-state index in [0.717, 1.165) is 24.5 Å². The van der Waals surface area contributed by atoms with Crippen molar-refractivity contribution in [2.75, 3.05) is 23.3 Å². The summed E-state index contributed by atoms with van der Waals surface area (Å²) in [5.74, 6) is 0.396. The molecule has 2 aliphatic rings. The van der Waals surface area contributed by atoms with Gasteiger partial charge in [0, 0.05) is 18.7 Å². The lowest BCUT2D eigenvalue weighted by molar-refractivity contribution is 0.599. The molecule has 0 bridgehead atoms. The SMILES string of the molecule is O=S1(=O)N=C(Nc2ccccc2N2CCCC2)c2ccccc21. The van der Waals surface area contributed by atoms with Gasteiger partial charge in [-0.2, -0.15) is 8.42 Å². The average molecular weight is 327 g/mol. The molecule has 0 atom stereocenters. The average Bonchev–Trinajstić information content (AvgIpc) is 3.16. The summed E-state index contributed by atoms with van der Waals surface area (Å²) >= 11 is 0. The van der Waals surface area contributed by atoms with Crippen molar-refractivity contribution in [1.29, 1.82) is 0 Å². The van der Waals surface area contributed by atoms with Crippen LogP contribution in [0, 0.1) is 0 Å². The Morgan fingerprint density at radius 3 is 2.48 bits per heavy atom. The lowest BCUT2D eigenvalue weighted by Crippen LogP contribution is -2.21. The van der Waals surface area contributed by atoms with E-state index < -0.39 is 10.0 Å². The van der Waals surface area contributed by atoms with Crippen LogP contribution in [0.1, 0.15) is 18.4 Å². The van der Waals surface area contributed by atoms with Crippen molar-refractivity contribution in [2.45, 2.75) is 17.7 Å². The van der Waals surface area contributed by atoms with E-state index in [1.807, 2.05) is 24.3 Å². The number of anilines is 2. The predicted octanol–water partition coefficient (Wildman–Crippen LogP) is 2.85.